The van der Waals surface area contributed by atoms with Crippen LogP contribution in [0.15, 0.2) is 47.4 Å². The van der Waals surface area contributed by atoms with Gasteiger partial charge in [-0.3, -0.25) is 9.59 Å². The lowest BCUT2D eigenvalue weighted by Crippen LogP contribution is -2.28. The molecule has 0 aliphatic rings. The molecule has 1 amide bonds. The number of rotatable bonds is 5. The summed E-state index contributed by atoms with van der Waals surface area (Å²) in [4.78, 5) is 28.7. The van der Waals surface area contributed by atoms with E-state index in [1.54, 1.807) is 25.2 Å². The van der Waals surface area contributed by atoms with Crippen LogP contribution in [0.3, 0.4) is 0 Å². The zero-order valence-corrected chi connectivity index (χ0v) is 14.0. The summed E-state index contributed by atoms with van der Waals surface area (Å²) in [5.74, 6) is -0.996. The van der Waals surface area contributed by atoms with Crippen LogP contribution >= 0.6 is 0 Å². The maximum atomic E-state index is 12.9. The molecule has 3 aromatic rings. The van der Waals surface area contributed by atoms with Crippen molar-refractivity contribution >= 4 is 28.3 Å². The fraction of sp³-hybridized carbons (Fsp3) is 0.167. The van der Waals surface area contributed by atoms with Gasteiger partial charge < -0.3 is 20.3 Å². The summed E-state index contributed by atoms with van der Waals surface area (Å²) in [5, 5.41) is 15.1. The molecule has 0 saturated heterocycles. The van der Waals surface area contributed by atoms with E-state index in [0.29, 0.717) is 17.4 Å². The first-order valence-corrected chi connectivity index (χ1v) is 7.91. The van der Waals surface area contributed by atoms with E-state index in [1.807, 2.05) is 0 Å². The van der Waals surface area contributed by atoms with Crippen LogP contribution in [0.4, 0.5) is 15.9 Å². The average Bonchev–Trinajstić information content (AvgIpc) is 2.64. The zero-order chi connectivity index (χ0) is 18.7. The quantitative estimate of drug-likeness (QED) is 0.647. The van der Waals surface area contributed by atoms with Crippen molar-refractivity contribution in [2.45, 2.75) is 0 Å². The number of carbonyl (C=O) groups excluding carboxylic acids is 1. The third-order valence-corrected chi connectivity index (χ3v) is 3.88. The molecule has 2 heterocycles. The van der Waals surface area contributed by atoms with Crippen LogP contribution in [0.2, 0.25) is 0 Å². The number of halogens is 1. The lowest BCUT2D eigenvalue weighted by atomic mass is 10.1. The molecule has 0 spiro atoms. The highest BCUT2D eigenvalue weighted by Crippen LogP contribution is 2.19. The van der Waals surface area contributed by atoms with Gasteiger partial charge in [-0.15, -0.1) is 0 Å². The van der Waals surface area contributed by atoms with Gasteiger partial charge in [0, 0.05) is 24.7 Å². The summed E-state index contributed by atoms with van der Waals surface area (Å²) >= 11 is 0. The molecule has 0 saturated carbocycles. The number of carbonyl (C=O) groups is 1. The van der Waals surface area contributed by atoms with Gasteiger partial charge in [-0.05, 0) is 36.4 Å². The smallest absolute Gasteiger partial charge is 0.263 e. The van der Waals surface area contributed by atoms with E-state index in [9.17, 15) is 14.0 Å². The molecule has 0 unspecified atom stereocenters. The Kier molecular flexibility index (Phi) is 4.94. The van der Waals surface area contributed by atoms with Crippen LogP contribution in [0, 0.1) is 5.82 Å². The zero-order valence-electron chi connectivity index (χ0n) is 14.0. The molecule has 0 radical (unpaired) electrons. The Morgan fingerprint density at radius 1 is 1.27 bits per heavy atom. The number of nitrogens with one attached hydrogen (secondary N) is 2. The molecule has 1 aromatic carbocycles. The summed E-state index contributed by atoms with van der Waals surface area (Å²) in [5.41, 5.74) is 0.927. The molecule has 3 N–H and O–H groups in total. The van der Waals surface area contributed by atoms with E-state index in [0.717, 1.165) is 11.9 Å². The molecule has 0 aliphatic carbocycles. The van der Waals surface area contributed by atoms with E-state index in [2.05, 4.69) is 15.6 Å². The standard InChI is InChI=1S/C18H17FN4O3/c1-23-15-4-3-13(20-6-7-24)8-11(15)9-14(18(23)26)17(25)22-16-5-2-12(19)10-21-16/h2-5,8-10,20,24H,6-7H2,1H3,(H,21,22,25). The van der Waals surface area contributed by atoms with Crippen LogP contribution in [-0.2, 0) is 7.05 Å². The Balaban J connectivity index is 1.98. The first kappa shape index (κ1) is 17.6. The third kappa shape index (κ3) is 3.55. The predicted molar refractivity (Wildman–Crippen MR) is 96.9 cm³/mol. The minimum atomic E-state index is -0.625. The van der Waals surface area contributed by atoms with E-state index < -0.39 is 17.3 Å². The molecule has 2 aromatic heterocycles. The molecule has 134 valence electrons. The normalized spacial score (nSPS) is 10.7. The Hall–Kier alpha value is -3.26. The largest absolute Gasteiger partial charge is 0.395 e. The van der Waals surface area contributed by atoms with Crippen molar-refractivity contribution in [2.75, 3.05) is 23.8 Å². The minimum Gasteiger partial charge on any atom is -0.395 e. The number of aliphatic hydroxyl groups excluding tert-OH is 1. The summed E-state index contributed by atoms with van der Waals surface area (Å²) in [6.45, 7) is 0.379. The van der Waals surface area contributed by atoms with Crippen LogP contribution in [-0.4, -0.2) is 33.7 Å². The van der Waals surface area contributed by atoms with Crippen molar-refractivity contribution in [3.8, 4) is 0 Å². The number of pyridine rings is 2. The Morgan fingerprint density at radius 2 is 2.08 bits per heavy atom. The molecule has 3 rings (SSSR count). The number of hydrogen-bond donors (Lipinski definition) is 3. The SMILES string of the molecule is Cn1c(=O)c(C(=O)Nc2ccc(F)cn2)cc2cc(NCCO)ccc21. The second kappa shape index (κ2) is 7.32. The number of aromatic nitrogens is 2. The fourth-order valence-corrected chi connectivity index (χ4v) is 2.59. The second-order valence-electron chi connectivity index (χ2n) is 5.66. The molecule has 7 nitrogen and oxygen atoms in total. The first-order chi connectivity index (χ1) is 12.5. The Bertz CT molecular complexity index is 1020. The number of benzene rings is 1. The fourth-order valence-electron chi connectivity index (χ4n) is 2.59. The molecule has 0 fully saturated rings. The average molecular weight is 356 g/mol. The second-order valence-corrected chi connectivity index (χ2v) is 5.66. The predicted octanol–water partition coefficient (Wildman–Crippen LogP) is 1.73. The van der Waals surface area contributed by atoms with Gasteiger partial charge in [0.15, 0.2) is 0 Å². The van der Waals surface area contributed by atoms with Crippen molar-refractivity contribution in [1.29, 1.82) is 0 Å². The number of hydrogen-bond acceptors (Lipinski definition) is 5. The van der Waals surface area contributed by atoms with Crippen LogP contribution < -0.4 is 16.2 Å². The van der Waals surface area contributed by atoms with Gasteiger partial charge in [0.25, 0.3) is 11.5 Å². The van der Waals surface area contributed by atoms with Gasteiger partial charge in [-0.25, -0.2) is 9.37 Å². The van der Waals surface area contributed by atoms with Crippen LogP contribution in [0.5, 0.6) is 0 Å². The molecule has 26 heavy (non-hydrogen) atoms. The molecule has 0 atom stereocenters. The van der Waals surface area contributed by atoms with Crippen LogP contribution in [0.1, 0.15) is 10.4 Å². The topological polar surface area (TPSA) is 96.2 Å². The lowest BCUT2D eigenvalue weighted by Gasteiger charge is -2.11. The van der Waals surface area contributed by atoms with E-state index in [4.69, 9.17) is 5.11 Å². The number of fused-ring (bicyclic) bond motifs is 1. The number of anilines is 2. The summed E-state index contributed by atoms with van der Waals surface area (Å²) in [6.07, 6.45) is 0.979. The molecule has 0 aliphatic heterocycles. The van der Waals surface area contributed by atoms with E-state index in [-0.39, 0.29) is 18.0 Å². The van der Waals surface area contributed by atoms with Gasteiger partial charge in [0.1, 0.15) is 17.2 Å². The van der Waals surface area contributed by atoms with E-state index >= 15 is 0 Å². The number of aryl methyl sites for hydroxylation is 1. The highest BCUT2D eigenvalue weighted by Gasteiger charge is 2.15. The van der Waals surface area contributed by atoms with Crippen molar-refractivity contribution in [3.63, 3.8) is 0 Å². The maximum Gasteiger partial charge on any atom is 0.263 e. The van der Waals surface area contributed by atoms with Crippen molar-refractivity contribution in [3.05, 3.63) is 64.3 Å². The lowest BCUT2D eigenvalue weighted by molar-refractivity contribution is 0.102. The highest BCUT2D eigenvalue weighted by molar-refractivity contribution is 6.05. The number of nitrogens with zero attached hydrogens (tertiary/aromatic N) is 2. The minimum absolute atomic E-state index is 0.0103. The molecular formula is C18H17FN4O3. The van der Waals surface area contributed by atoms with Gasteiger partial charge >= 0.3 is 0 Å². The Labute approximate surface area is 148 Å². The molecular weight excluding hydrogens is 339 g/mol. The summed E-state index contributed by atoms with van der Waals surface area (Å²) in [6, 6.07) is 9.33. The van der Waals surface area contributed by atoms with Gasteiger partial charge in [-0.2, -0.15) is 0 Å². The van der Waals surface area contributed by atoms with Gasteiger partial charge in [0.05, 0.1) is 18.3 Å². The number of aliphatic hydroxyl groups is 1. The summed E-state index contributed by atoms with van der Waals surface area (Å²) < 4.78 is 14.3. The van der Waals surface area contributed by atoms with Crippen molar-refractivity contribution < 1.29 is 14.3 Å². The third-order valence-electron chi connectivity index (χ3n) is 3.88. The van der Waals surface area contributed by atoms with Crippen molar-refractivity contribution in [2.24, 2.45) is 7.05 Å². The monoisotopic (exact) mass is 356 g/mol. The summed E-state index contributed by atoms with van der Waals surface area (Å²) in [7, 11) is 1.58. The highest BCUT2D eigenvalue weighted by atomic mass is 19.1. The first-order valence-electron chi connectivity index (χ1n) is 7.91. The Morgan fingerprint density at radius 3 is 2.77 bits per heavy atom. The maximum absolute atomic E-state index is 12.9. The van der Waals surface area contributed by atoms with Crippen molar-refractivity contribution in [1.82, 2.24) is 9.55 Å². The van der Waals surface area contributed by atoms with Gasteiger partial charge in [0.2, 0.25) is 0 Å². The molecule has 0 bridgehead atoms. The number of amides is 1. The molecule has 8 heteroatoms. The van der Waals surface area contributed by atoms with Gasteiger partial charge in [-0.1, -0.05) is 0 Å². The van der Waals surface area contributed by atoms with Crippen LogP contribution in [0.25, 0.3) is 10.9 Å². The van der Waals surface area contributed by atoms with E-state index in [1.165, 1.54) is 22.8 Å².